The monoisotopic (exact) mass is 324 g/mol. The summed E-state index contributed by atoms with van der Waals surface area (Å²) in [6.07, 6.45) is 0.679. The molecule has 1 aliphatic rings. The molecule has 1 N–H and O–H groups in total. The lowest BCUT2D eigenvalue weighted by atomic mass is 10.1. The molecule has 0 aromatic heterocycles. The van der Waals surface area contributed by atoms with E-state index in [0.29, 0.717) is 13.0 Å². The van der Waals surface area contributed by atoms with Crippen molar-refractivity contribution in [2.75, 3.05) is 23.9 Å². The molecule has 0 saturated heterocycles. The van der Waals surface area contributed by atoms with E-state index in [1.54, 1.807) is 11.9 Å². The van der Waals surface area contributed by atoms with Gasteiger partial charge in [0.1, 0.15) is 5.75 Å². The number of carbonyl (C=O) groups excluding carboxylic acids is 2. The Labute approximate surface area is 141 Å². The quantitative estimate of drug-likeness (QED) is 0.920. The van der Waals surface area contributed by atoms with Crippen molar-refractivity contribution in [1.29, 1.82) is 0 Å². The van der Waals surface area contributed by atoms with Gasteiger partial charge in [0.2, 0.25) is 11.8 Å². The number of ether oxygens (including phenoxy) is 1. The van der Waals surface area contributed by atoms with Crippen LogP contribution < -0.4 is 15.0 Å². The molecule has 0 spiro atoms. The second-order valence-electron chi connectivity index (χ2n) is 5.77. The highest BCUT2D eigenvalue weighted by atomic mass is 16.5. The molecule has 0 saturated carbocycles. The van der Waals surface area contributed by atoms with Crippen LogP contribution in [0.15, 0.2) is 42.5 Å². The molecule has 2 aromatic rings. The largest absolute Gasteiger partial charge is 0.494 e. The van der Waals surface area contributed by atoms with Gasteiger partial charge in [0.15, 0.2) is 0 Å². The molecule has 2 amide bonds. The number of anilines is 2. The highest BCUT2D eigenvalue weighted by Crippen LogP contribution is 2.28. The number of nitrogens with zero attached hydrogens (tertiary/aromatic N) is 1. The topological polar surface area (TPSA) is 58.6 Å². The number of fused-ring (bicyclic) bond motifs is 1. The van der Waals surface area contributed by atoms with Crippen LogP contribution in [-0.2, 0) is 22.4 Å². The molecule has 24 heavy (non-hydrogen) atoms. The standard InChI is InChI=1S/C19H20N2O3/c1-3-24-16-7-5-15(6-8-16)20-18(22)11-13-4-9-17-14(10-13)12-19(23)21(17)2/h4-10H,3,11-12H2,1-2H3,(H,20,22). The van der Waals surface area contributed by atoms with Gasteiger partial charge in [-0.1, -0.05) is 12.1 Å². The third-order valence-electron chi connectivity index (χ3n) is 4.03. The van der Waals surface area contributed by atoms with Crippen molar-refractivity contribution in [3.8, 4) is 5.75 Å². The summed E-state index contributed by atoms with van der Waals surface area (Å²) >= 11 is 0. The fourth-order valence-corrected chi connectivity index (χ4v) is 2.83. The maximum Gasteiger partial charge on any atom is 0.231 e. The van der Waals surface area contributed by atoms with Crippen LogP contribution in [0.1, 0.15) is 18.1 Å². The van der Waals surface area contributed by atoms with E-state index in [1.165, 1.54) is 0 Å². The Balaban J connectivity index is 1.63. The van der Waals surface area contributed by atoms with Crippen LogP contribution in [0.5, 0.6) is 5.75 Å². The first kappa shape index (κ1) is 16.1. The molecule has 5 heteroatoms. The number of likely N-dealkylation sites (N-methyl/N-ethyl adjacent to an activating group) is 1. The number of hydrogen-bond donors (Lipinski definition) is 1. The van der Waals surface area contributed by atoms with Crippen molar-refractivity contribution in [3.05, 3.63) is 53.6 Å². The Kier molecular flexibility index (Phi) is 4.51. The number of amides is 2. The van der Waals surface area contributed by atoms with Crippen LogP contribution >= 0.6 is 0 Å². The van der Waals surface area contributed by atoms with Crippen LogP contribution in [0.25, 0.3) is 0 Å². The van der Waals surface area contributed by atoms with E-state index in [1.807, 2.05) is 49.4 Å². The number of rotatable bonds is 5. The van der Waals surface area contributed by atoms with Gasteiger partial charge in [0.05, 0.1) is 19.4 Å². The fraction of sp³-hybridized carbons (Fsp3) is 0.263. The van der Waals surface area contributed by atoms with E-state index in [-0.39, 0.29) is 18.2 Å². The number of nitrogens with one attached hydrogen (secondary N) is 1. The maximum atomic E-state index is 12.2. The van der Waals surface area contributed by atoms with Crippen molar-refractivity contribution >= 4 is 23.2 Å². The SMILES string of the molecule is CCOc1ccc(NC(=O)Cc2ccc3c(c2)CC(=O)N3C)cc1. The first-order chi connectivity index (χ1) is 11.6. The summed E-state index contributed by atoms with van der Waals surface area (Å²) in [7, 11) is 1.77. The molecular weight excluding hydrogens is 304 g/mol. The zero-order valence-electron chi connectivity index (χ0n) is 13.8. The van der Waals surface area contributed by atoms with Gasteiger partial charge in [-0.05, 0) is 48.4 Å². The van der Waals surface area contributed by atoms with Gasteiger partial charge in [-0.3, -0.25) is 9.59 Å². The minimum absolute atomic E-state index is 0.0842. The lowest BCUT2D eigenvalue weighted by Gasteiger charge is -2.11. The highest BCUT2D eigenvalue weighted by Gasteiger charge is 2.24. The molecule has 124 valence electrons. The predicted molar refractivity (Wildman–Crippen MR) is 93.5 cm³/mol. The van der Waals surface area contributed by atoms with Crippen LogP contribution in [0.3, 0.4) is 0 Å². The number of benzene rings is 2. The maximum absolute atomic E-state index is 12.2. The van der Waals surface area contributed by atoms with Gasteiger partial charge >= 0.3 is 0 Å². The summed E-state index contributed by atoms with van der Waals surface area (Å²) in [4.78, 5) is 25.6. The van der Waals surface area contributed by atoms with Crippen LogP contribution in [-0.4, -0.2) is 25.5 Å². The fourth-order valence-electron chi connectivity index (χ4n) is 2.83. The van der Waals surface area contributed by atoms with Gasteiger partial charge in [-0.25, -0.2) is 0 Å². The lowest BCUT2D eigenvalue weighted by Crippen LogP contribution is -2.20. The Hall–Kier alpha value is -2.82. The molecule has 0 bridgehead atoms. The predicted octanol–water partition coefficient (Wildman–Crippen LogP) is 2.79. The Morgan fingerprint density at radius 1 is 1.21 bits per heavy atom. The molecule has 3 rings (SSSR count). The van der Waals surface area contributed by atoms with Gasteiger partial charge in [-0.15, -0.1) is 0 Å². The van der Waals surface area contributed by atoms with Crippen molar-refractivity contribution in [3.63, 3.8) is 0 Å². The average Bonchev–Trinajstić information content (AvgIpc) is 2.83. The smallest absolute Gasteiger partial charge is 0.231 e. The average molecular weight is 324 g/mol. The normalized spacial score (nSPS) is 12.9. The van der Waals surface area contributed by atoms with Crippen LogP contribution in [0, 0.1) is 0 Å². The van der Waals surface area contributed by atoms with E-state index in [2.05, 4.69) is 5.32 Å². The van der Waals surface area contributed by atoms with Crippen molar-refractivity contribution in [2.45, 2.75) is 19.8 Å². The Bertz CT molecular complexity index is 769. The Morgan fingerprint density at radius 2 is 1.96 bits per heavy atom. The first-order valence-electron chi connectivity index (χ1n) is 7.98. The second-order valence-corrected chi connectivity index (χ2v) is 5.77. The van der Waals surface area contributed by atoms with E-state index in [4.69, 9.17) is 4.74 Å². The molecule has 0 atom stereocenters. The molecule has 0 fully saturated rings. The number of carbonyl (C=O) groups is 2. The van der Waals surface area contributed by atoms with E-state index in [9.17, 15) is 9.59 Å². The third kappa shape index (κ3) is 3.40. The summed E-state index contributed by atoms with van der Waals surface area (Å²) in [5.41, 5.74) is 3.55. The van der Waals surface area contributed by atoms with Crippen molar-refractivity contribution in [2.24, 2.45) is 0 Å². The van der Waals surface area contributed by atoms with E-state index in [0.717, 1.165) is 28.3 Å². The molecule has 5 nitrogen and oxygen atoms in total. The van der Waals surface area contributed by atoms with Gasteiger partial charge in [0.25, 0.3) is 0 Å². The van der Waals surface area contributed by atoms with Crippen LogP contribution in [0.2, 0.25) is 0 Å². The van der Waals surface area contributed by atoms with E-state index < -0.39 is 0 Å². The van der Waals surface area contributed by atoms with Crippen molar-refractivity contribution in [1.82, 2.24) is 0 Å². The van der Waals surface area contributed by atoms with Gasteiger partial charge in [-0.2, -0.15) is 0 Å². The summed E-state index contributed by atoms with van der Waals surface area (Å²) in [6, 6.07) is 13.0. The summed E-state index contributed by atoms with van der Waals surface area (Å²) in [5.74, 6) is 0.778. The molecule has 0 unspecified atom stereocenters. The third-order valence-corrected chi connectivity index (χ3v) is 4.03. The summed E-state index contributed by atoms with van der Waals surface area (Å²) < 4.78 is 5.38. The van der Waals surface area contributed by atoms with E-state index >= 15 is 0 Å². The van der Waals surface area contributed by atoms with Gasteiger partial charge in [0, 0.05) is 18.4 Å². The van der Waals surface area contributed by atoms with Crippen LogP contribution in [0.4, 0.5) is 11.4 Å². The summed E-state index contributed by atoms with van der Waals surface area (Å²) in [6.45, 7) is 2.54. The first-order valence-corrected chi connectivity index (χ1v) is 7.98. The summed E-state index contributed by atoms with van der Waals surface area (Å²) in [5, 5.41) is 2.87. The van der Waals surface area contributed by atoms with Gasteiger partial charge < -0.3 is 15.0 Å². The Morgan fingerprint density at radius 3 is 2.67 bits per heavy atom. The molecule has 1 aliphatic heterocycles. The molecule has 0 aliphatic carbocycles. The molecule has 2 aromatic carbocycles. The zero-order valence-corrected chi connectivity index (χ0v) is 13.8. The minimum Gasteiger partial charge on any atom is -0.494 e. The zero-order chi connectivity index (χ0) is 17.1. The second kappa shape index (κ2) is 6.74. The lowest BCUT2D eigenvalue weighted by molar-refractivity contribution is -0.117. The molecule has 1 heterocycles. The highest BCUT2D eigenvalue weighted by molar-refractivity contribution is 6.01. The van der Waals surface area contributed by atoms with Crippen molar-refractivity contribution < 1.29 is 14.3 Å². The minimum atomic E-state index is -0.0863. The number of hydrogen-bond acceptors (Lipinski definition) is 3. The molecular formula is C19H20N2O3. The molecule has 0 radical (unpaired) electrons.